The van der Waals surface area contributed by atoms with Crippen molar-refractivity contribution >= 4 is 21.8 Å². The van der Waals surface area contributed by atoms with Crippen LogP contribution >= 0.6 is 15.9 Å². The molecule has 2 saturated heterocycles. The number of amides is 1. The van der Waals surface area contributed by atoms with Gasteiger partial charge in [0.15, 0.2) is 0 Å². The predicted molar refractivity (Wildman–Crippen MR) is 91.3 cm³/mol. The van der Waals surface area contributed by atoms with Crippen LogP contribution in [0, 0.1) is 0 Å². The Morgan fingerprint density at radius 3 is 2.96 bits per heavy atom. The van der Waals surface area contributed by atoms with Gasteiger partial charge in [-0.2, -0.15) is 0 Å². The first kappa shape index (κ1) is 16.9. The fourth-order valence-electron chi connectivity index (χ4n) is 3.06. The number of carbonyl (C=O) groups is 1. The molecule has 2 fully saturated rings. The number of nitrogens with zero attached hydrogens (tertiary/aromatic N) is 1. The zero-order valence-electron chi connectivity index (χ0n) is 13.2. The molecule has 2 heterocycles. The lowest BCUT2D eigenvalue weighted by Gasteiger charge is -2.33. The molecule has 2 atom stereocenters. The van der Waals surface area contributed by atoms with Gasteiger partial charge in [0.25, 0.3) is 0 Å². The van der Waals surface area contributed by atoms with Gasteiger partial charge in [-0.05, 0) is 24.5 Å². The molecule has 126 valence electrons. The lowest BCUT2D eigenvalue weighted by atomic mass is 10.1. The highest BCUT2D eigenvalue weighted by atomic mass is 79.9. The summed E-state index contributed by atoms with van der Waals surface area (Å²) in [5.74, 6) is 0.128. The van der Waals surface area contributed by atoms with Crippen LogP contribution in [-0.4, -0.2) is 56.3 Å². The molecule has 1 N–H and O–H groups in total. The summed E-state index contributed by atoms with van der Waals surface area (Å²) >= 11 is 3.56. The molecule has 2 aliphatic rings. The molecule has 1 amide bonds. The van der Waals surface area contributed by atoms with Crippen molar-refractivity contribution < 1.29 is 14.3 Å². The molecule has 1 aromatic carbocycles. The van der Waals surface area contributed by atoms with Crippen molar-refractivity contribution in [2.24, 2.45) is 0 Å². The van der Waals surface area contributed by atoms with Crippen molar-refractivity contribution in [2.45, 2.75) is 25.0 Å². The minimum Gasteiger partial charge on any atom is -0.377 e. The number of hydrogen-bond donors (Lipinski definition) is 1. The van der Waals surface area contributed by atoms with Crippen molar-refractivity contribution in [3.8, 4) is 0 Å². The molecule has 0 saturated carbocycles. The van der Waals surface area contributed by atoms with Crippen molar-refractivity contribution in [3.05, 3.63) is 34.3 Å². The zero-order chi connectivity index (χ0) is 16.1. The standard InChI is InChI=1S/C17H23BrN2O3/c18-15-6-2-1-5-14(15)16-12-20(7-9-23-16)17(21)11-19-10-13-4-3-8-22-13/h1-2,5-6,13,16,19H,3-4,7-12H2. The third-order valence-electron chi connectivity index (χ3n) is 4.34. The summed E-state index contributed by atoms with van der Waals surface area (Å²) in [5, 5.41) is 3.22. The van der Waals surface area contributed by atoms with E-state index < -0.39 is 0 Å². The Balaban J connectivity index is 1.49. The second-order valence-corrected chi connectivity index (χ2v) is 6.84. The molecule has 6 heteroatoms. The molecule has 0 radical (unpaired) electrons. The predicted octanol–water partition coefficient (Wildman–Crippen LogP) is 2.12. The molecule has 0 spiro atoms. The van der Waals surface area contributed by atoms with E-state index in [0.29, 0.717) is 26.2 Å². The minimum atomic E-state index is -0.0681. The number of morpholine rings is 1. The van der Waals surface area contributed by atoms with Crippen LogP contribution in [0.5, 0.6) is 0 Å². The van der Waals surface area contributed by atoms with Crippen molar-refractivity contribution in [1.29, 1.82) is 0 Å². The molecule has 23 heavy (non-hydrogen) atoms. The van der Waals surface area contributed by atoms with E-state index in [0.717, 1.165) is 36.0 Å². The second-order valence-electron chi connectivity index (χ2n) is 5.99. The summed E-state index contributed by atoms with van der Waals surface area (Å²) < 4.78 is 12.4. The van der Waals surface area contributed by atoms with Crippen LogP contribution in [0.3, 0.4) is 0 Å². The van der Waals surface area contributed by atoms with Gasteiger partial charge in [-0.25, -0.2) is 0 Å². The van der Waals surface area contributed by atoms with Crippen LogP contribution < -0.4 is 5.32 Å². The third kappa shape index (κ3) is 4.53. The van der Waals surface area contributed by atoms with E-state index in [1.807, 2.05) is 29.2 Å². The van der Waals surface area contributed by atoms with Crippen LogP contribution in [0.15, 0.2) is 28.7 Å². The number of benzene rings is 1. The molecule has 0 aliphatic carbocycles. The van der Waals surface area contributed by atoms with Gasteiger partial charge in [-0.3, -0.25) is 4.79 Å². The van der Waals surface area contributed by atoms with Gasteiger partial charge in [-0.15, -0.1) is 0 Å². The Labute approximate surface area is 145 Å². The molecule has 3 rings (SSSR count). The van der Waals surface area contributed by atoms with Crippen LogP contribution in [0.25, 0.3) is 0 Å². The monoisotopic (exact) mass is 382 g/mol. The van der Waals surface area contributed by atoms with Crippen molar-refractivity contribution in [1.82, 2.24) is 10.2 Å². The van der Waals surface area contributed by atoms with Crippen LogP contribution in [0.1, 0.15) is 24.5 Å². The fraction of sp³-hybridized carbons (Fsp3) is 0.588. The maximum Gasteiger partial charge on any atom is 0.236 e. The summed E-state index contributed by atoms with van der Waals surface area (Å²) in [6.45, 7) is 3.79. The average Bonchev–Trinajstić information content (AvgIpc) is 3.09. The van der Waals surface area contributed by atoms with Gasteiger partial charge in [0.2, 0.25) is 5.91 Å². The van der Waals surface area contributed by atoms with Crippen LogP contribution in [-0.2, 0) is 14.3 Å². The second kappa shape index (κ2) is 8.24. The van der Waals surface area contributed by atoms with E-state index in [1.54, 1.807) is 0 Å². The van der Waals surface area contributed by atoms with E-state index in [-0.39, 0.29) is 18.1 Å². The SMILES string of the molecule is O=C(CNCC1CCCO1)N1CCOC(c2ccccc2Br)C1. The summed E-state index contributed by atoms with van der Waals surface area (Å²) in [6.07, 6.45) is 2.40. The lowest BCUT2D eigenvalue weighted by Crippen LogP contribution is -2.46. The first-order chi connectivity index (χ1) is 11.2. The lowest BCUT2D eigenvalue weighted by molar-refractivity contribution is -0.138. The zero-order valence-corrected chi connectivity index (χ0v) is 14.8. The molecule has 0 aromatic heterocycles. The van der Waals surface area contributed by atoms with Gasteiger partial charge in [0.05, 0.1) is 25.8 Å². The molecule has 2 aliphatic heterocycles. The van der Waals surface area contributed by atoms with E-state index in [4.69, 9.17) is 9.47 Å². The third-order valence-corrected chi connectivity index (χ3v) is 5.07. The number of hydrogen-bond acceptors (Lipinski definition) is 4. The largest absolute Gasteiger partial charge is 0.377 e. The molecular formula is C17H23BrN2O3. The summed E-state index contributed by atoms with van der Waals surface area (Å²) in [5.41, 5.74) is 1.09. The number of carbonyl (C=O) groups excluding carboxylic acids is 1. The highest BCUT2D eigenvalue weighted by molar-refractivity contribution is 9.10. The smallest absolute Gasteiger partial charge is 0.236 e. The number of nitrogens with one attached hydrogen (secondary N) is 1. The highest BCUT2D eigenvalue weighted by Gasteiger charge is 2.26. The maximum absolute atomic E-state index is 12.4. The average molecular weight is 383 g/mol. The van der Waals surface area contributed by atoms with Gasteiger partial charge < -0.3 is 19.7 Å². The van der Waals surface area contributed by atoms with Crippen molar-refractivity contribution in [2.75, 3.05) is 39.4 Å². The van der Waals surface area contributed by atoms with E-state index >= 15 is 0 Å². The fourth-order valence-corrected chi connectivity index (χ4v) is 3.60. The van der Waals surface area contributed by atoms with E-state index in [1.165, 1.54) is 0 Å². The van der Waals surface area contributed by atoms with Crippen molar-refractivity contribution in [3.63, 3.8) is 0 Å². The number of halogens is 1. The first-order valence-electron chi connectivity index (χ1n) is 8.20. The Hall–Kier alpha value is -0.950. The van der Waals surface area contributed by atoms with E-state index in [9.17, 15) is 4.79 Å². The van der Waals surface area contributed by atoms with Gasteiger partial charge in [0.1, 0.15) is 6.10 Å². The van der Waals surface area contributed by atoms with Gasteiger partial charge in [0, 0.05) is 24.2 Å². The van der Waals surface area contributed by atoms with E-state index in [2.05, 4.69) is 21.2 Å². The Kier molecular flexibility index (Phi) is 6.05. The quantitative estimate of drug-likeness (QED) is 0.847. The van der Waals surface area contributed by atoms with Crippen LogP contribution in [0.2, 0.25) is 0 Å². The van der Waals surface area contributed by atoms with Crippen LogP contribution in [0.4, 0.5) is 0 Å². The van der Waals surface area contributed by atoms with Gasteiger partial charge >= 0.3 is 0 Å². The first-order valence-corrected chi connectivity index (χ1v) is 8.99. The summed E-state index contributed by atoms with van der Waals surface area (Å²) in [4.78, 5) is 14.3. The Bertz CT molecular complexity index is 534. The Morgan fingerprint density at radius 2 is 2.17 bits per heavy atom. The molecule has 2 unspecified atom stereocenters. The summed E-state index contributed by atoms with van der Waals surface area (Å²) in [6, 6.07) is 8.02. The maximum atomic E-state index is 12.4. The minimum absolute atomic E-state index is 0.0681. The topological polar surface area (TPSA) is 50.8 Å². The molecule has 0 bridgehead atoms. The van der Waals surface area contributed by atoms with Gasteiger partial charge in [-0.1, -0.05) is 34.1 Å². The highest BCUT2D eigenvalue weighted by Crippen LogP contribution is 2.28. The number of ether oxygens (including phenoxy) is 2. The Morgan fingerprint density at radius 1 is 1.30 bits per heavy atom. The summed E-state index contributed by atoms with van der Waals surface area (Å²) in [7, 11) is 0. The molecule has 1 aromatic rings. The normalized spacial score (nSPS) is 24.8. The number of rotatable bonds is 5. The molecule has 5 nitrogen and oxygen atoms in total. The molecular weight excluding hydrogens is 360 g/mol.